The molecule has 0 rings (SSSR count). The van der Waals surface area contributed by atoms with Crippen molar-refractivity contribution in [2.75, 3.05) is 0 Å². The van der Waals surface area contributed by atoms with E-state index in [0.29, 0.717) is 6.42 Å². The zero-order valence-electron chi connectivity index (χ0n) is 11.7. The predicted molar refractivity (Wildman–Crippen MR) is 71.6 cm³/mol. The van der Waals surface area contributed by atoms with Crippen LogP contribution in [0.1, 0.15) is 59.3 Å². The van der Waals surface area contributed by atoms with E-state index in [-0.39, 0.29) is 24.5 Å². The van der Waals surface area contributed by atoms with Crippen molar-refractivity contribution in [3.8, 4) is 0 Å². The molecule has 0 aromatic carbocycles. The number of carboxylic acid groups (broad SMARTS) is 1. The molecule has 0 aromatic rings. The number of carbonyl (C=O) groups excluding carboxylic acids is 1. The number of hydrogen-bond acceptors (Lipinski definition) is 2. The van der Waals surface area contributed by atoms with Crippen LogP contribution in [-0.2, 0) is 4.79 Å². The Morgan fingerprint density at radius 1 is 1.06 bits per heavy atom. The average molecular weight is 258 g/mol. The van der Waals surface area contributed by atoms with Crippen molar-refractivity contribution in [1.82, 2.24) is 10.6 Å². The number of nitrogens with one attached hydrogen (secondary N) is 2. The summed E-state index contributed by atoms with van der Waals surface area (Å²) >= 11 is 0. The molecule has 18 heavy (non-hydrogen) atoms. The van der Waals surface area contributed by atoms with Gasteiger partial charge in [0.2, 0.25) is 0 Å². The van der Waals surface area contributed by atoms with E-state index < -0.39 is 5.97 Å². The molecule has 2 atom stereocenters. The van der Waals surface area contributed by atoms with Crippen molar-refractivity contribution in [1.29, 1.82) is 0 Å². The summed E-state index contributed by atoms with van der Waals surface area (Å²) in [4.78, 5) is 22.0. The maximum absolute atomic E-state index is 11.6. The number of amides is 2. The van der Waals surface area contributed by atoms with Gasteiger partial charge in [-0.05, 0) is 26.7 Å². The molecule has 0 aliphatic rings. The highest BCUT2D eigenvalue weighted by atomic mass is 16.4. The van der Waals surface area contributed by atoms with Crippen LogP contribution in [-0.4, -0.2) is 29.2 Å². The highest BCUT2D eigenvalue weighted by molar-refractivity contribution is 5.74. The van der Waals surface area contributed by atoms with Gasteiger partial charge < -0.3 is 15.7 Å². The maximum atomic E-state index is 11.6. The Balaban J connectivity index is 3.71. The smallest absolute Gasteiger partial charge is 0.315 e. The third-order valence-corrected chi connectivity index (χ3v) is 2.79. The largest absolute Gasteiger partial charge is 0.481 e. The highest BCUT2D eigenvalue weighted by Crippen LogP contribution is 2.03. The molecule has 106 valence electrons. The molecule has 0 aliphatic heterocycles. The minimum absolute atomic E-state index is 0.0769. The van der Waals surface area contributed by atoms with Crippen molar-refractivity contribution in [2.24, 2.45) is 0 Å². The van der Waals surface area contributed by atoms with Crippen LogP contribution in [0, 0.1) is 0 Å². The minimum atomic E-state index is -0.836. The summed E-state index contributed by atoms with van der Waals surface area (Å²) in [6, 6.07) is -0.177. The van der Waals surface area contributed by atoms with Gasteiger partial charge in [-0.2, -0.15) is 0 Å². The van der Waals surface area contributed by atoms with E-state index in [9.17, 15) is 9.59 Å². The molecule has 5 heteroatoms. The van der Waals surface area contributed by atoms with Crippen molar-refractivity contribution in [3.63, 3.8) is 0 Å². The summed E-state index contributed by atoms with van der Waals surface area (Å²) in [5.74, 6) is -0.836. The van der Waals surface area contributed by atoms with Gasteiger partial charge in [-0.25, -0.2) is 4.79 Å². The molecule has 2 amide bonds. The number of carboxylic acids is 1. The van der Waals surface area contributed by atoms with Crippen molar-refractivity contribution in [2.45, 2.75) is 71.4 Å². The Hall–Kier alpha value is -1.26. The van der Waals surface area contributed by atoms with E-state index in [4.69, 9.17) is 5.11 Å². The van der Waals surface area contributed by atoms with E-state index in [0.717, 1.165) is 12.8 Å². The van der Waals surface area contributed by atoms with Crippen LogP contribution in [0.25, 0.3) is 0 Å². The van der Waals surface area contributed by atoms with E-state index in [1.807, 2.05) is 13.8 Å². The lowest BCUT2D eigenvalue weighted by Crippen LogP contribution is -2.44. The highest BCUT2D eigenvalue weighted by Gasteiger charge is 2.11. The lowest BCUT2D eigenvalue weighted by molar-refractivity contribution is -0.137. The second-order valence-electron chi connectivity index (χ2n) is 4.85. The molecule has 0 aliphatic carbocycles. The van der Waals surface area contributed by atoms with Crippen LogP contribution in [0.4, 0.5) is 4.79 Å². The summed E-state index contributed by atoms with van der Waals surface area (Å²) < 4.78 is 0. The molecule has 0 heterocycles. The first-order valence-corrected chi connectivity index (χ1v) is 6.74. The molecule has 3 N–H and O–H groups in total. The summed E-state index contributed by atoms with van der Waals surface area (Å²) in [5.41, 5.74) is 0. The average Bonchev–Trinajstić information content (AvgIpc) is 2.26. The molecule has 0 fully saturated rings. The van der Waals surface area contributed by atoms with E-state index >= 15 is 0 Å². The van der Waals surface area contributed by atoms with Crippen LogP contribution >= 0.6 is 0 Å². The van der Waals surface area contributed by atoms with Crippen molar-refractivity contribution in [3.05, 3.63) is 0 Å². The lowest BCUT2D eigenvalue weighted by atomic mass is 10.1. The predicted octanol–water partition coefficient (Wildman–Crippen LogP) is 2.51. The zero-order chi connectivity index (χ0) is 14.0. The molecule has 0 aromatic heterocycles. The number of hydrogen-bond donors (Lipinski definition) is 3. The molecule has 0 radical (unpaired) electrons. The van der Waals surface area contributed by atoms with E-state index in [1.165, 1.54) is 12.8 Å². The second-order valence-corrected chi connectivity index (χ2v) is 4.85. The fourth-order valence-corrected chi connectivity index (χ4v) is 1.67. The molecule has 0 saturated heterocycles. The fourth-order valence-electron chi connectivity index (χ4n) is 1.67. The third-order valence-electron chi connectivity index (χ3n) is 2.79. The molecular formula is C13H26N2O3. The molecule has 5 nitrogen and oxygen atoms in total. The number of urea groups is 1. The molecule has 0 spiro atoms. The van der Waals surface area contributed by atoms with Crippen LogP contribution < -0.4 is 10.6 Å². The third kappa shape index (κ3) is 9.93. The van der Waals surface area contributed by atoms with Gasteiger partial charge in [0.15, 0.2) is 0 Å². The fraction of sp³-hybridized carbons (Fsp3) is 0.846. The first-order chi connectivity index (χ1) is 8.45. The summed E-state index contributed by atoms with van der Waals surface area (Å²) in [5, 5.41) is 14.1. The number of rotatable bonds is 9. The first-order valence-electron chi connectivity index (χ1n) is 6.74. The van der Waals surface area contributed by atoms with Gasteiger partial charge in [-0.3, -0.25) is 4.79 Å². The number of carbonyl (C=O) groups is 2. The van der Waals surface area contributed by atoms with Gasteiger partial charge in [0.25, 0.3) is 0 Å². The van der Waals surface area contributed by atoms with E-state index in [2.05, 4.69) is 17.6 Å². The number of unbranched alkanes of at least 4 members (excludes halogenated alkanes) is 2. The van der Waals surface area contributed by atoms with Crippen LogP contribution in [0.3, 0.4) is 0 Å². The topological polar surface area (TPSA) is 78.4 Å². The van der Waals surface area contributed by atoms with Crippen LogP contribution in [0.15, 0.2) is 0 Å². The van der Waals surface area contributed by atoms with Crippen LogP contribution in [0.2, 0.25) is 0 Å². The Morgan fingerprint density at radius 3 is 2.11 bits per heavy atom. The van der Waals surface area contributed by atoms with E-state index in [1.54, 1.807) is 0 Å². The Morgan fingerprint density at radius 2 is 1.61 bits per heavy atom. The van der Waals surface area contributed by atoms with Gasteiger partial charge in [-0.1, -0.05) is 26.2 Å². The summed E-state index contributed by atoms with van der Waals surface area (Å²) in [6.45, 7) is 5.94. The zero-order valence-corrected chi connectivity index (χ0v) is 11.7. The molecular weight excluding hydrogens is 232 g/mol. The van der Waals surface area contributed by atoms with Gasteiger partial charge in [0, 0.05) is 18.5 Å². The summed E-state index contributed by atoms with van der Waals surface area (Å²) in [6.07, 6.45) is 4.98. The standard InChI is InChI=1S/C13H26N2O3/c1-4-5-6-7-10(2)14-13(18)15-11(3)8-9-12(16)17/h10-11H,4-9H2,1-3H3,(H,16,17)(H2,14,15,18). The molecule has 0 bridgehead atoms. The first kappa shape index (κ1) is 16.7. The van der Waals surface area contributed by atoms with Crippen molar-refractivity contribution < 1.29 is 14.7 Å². The Bertz CT molecular complexity index is 257. The second kappa shape index (κ2) is 9.74. The molecule has 0 saturated carbocycles. The van der Waals surface area contributed by atoms with Crippen LogP contribution in [0.5, 0.6) is 0 Å². The monoisotopic (exact) mass is 258 g/mol. The van der Waals surface area contributed by atoms with Gasteiger partial charge >= 0.3 is 12.0 Å². The van der Waals surface area contributed by atoms with Gasteiger partial charge in [0.05, 0.1) is 0 Å². The SMILES string of the molecule is CCCCCC(C)NC(=O)NC(C)CCC(=O)O. The minimum Gasteiger partial charge on any atom is -0.481 e. The lowest BCUT2D eigenvalue weighted by Gasteiger charge is -2.17. The number of aliphatic carboxylic acids is 1. The van der Waals surface area contributed by atoms with Gasteiger partial charge in [-0.15, -0.1) is 0 Å². The Labute approximate surface area is 109 Å². The Kier molecular flexibility index (Phi) is 9.06. The van der Waals surface area contributed by atoms with Gasteiger partial charge in [0.1, 0.15) is 0 Å². The quantitative estimate of drug-likeness (QED) is 0.556. The normalized spacial score (nSPS) is 13.7. The summed E-state index contributed by atoms with van der Waals surface area (Å²) in [7, 11) is 0. The van der Waals surface area contributed by atoms with Crippen molar-refractivity contribution >= 4 is 12.0 Å². The maximum Gasteiger partial charge on any atom is 0.315 e. The molecule has 2 unspecified atom stereocenters.